The highest BCUT2D eigenvalue weighted by Gasteiger charge is 2.17. The Balaban J connectivity index is 1.78. The smallest absolute Gasteiger partial charge is 0.251 e. The van der Waals surface area contributed by atoms with Gasteiger partial charge >= 0.3 is 0 Å². The Bertz CT molecular complexity index is 826. The highest BCUT2D eigenvalue weighted by Crippen LogP contribution is 2.24. The predicted molar refractivity (Wildman–Crippen MR) is 86.6 cm³/mol. The third-order valence-electron chi connectivity index (χ3n) is 3.34. The zero-order chi connectivity index (χ0) is 16.4. The number of aromatic nitrogens is 5. The molecule has 0 bridgehead atoms. The summed E-state index contributed by atoms with van der Waals surface area (Å²) < 4.78 is 1.51. The van der Waals surface area contributed by atoms with E-state index in [-0.39, 0.29) is 11.9 Å². The SMILES string of the molecule is Cc1nc(C)c([C@H](C)NC(=O)c2ccnc(-n3cncn3)c2)s1. The lowest BCUT2D eigenvalue weighted by molar-refractivity contribution is 0.0940. The summed E-state index contributed by atoms with van der Waals surface area (Å²) >= 11 is 1.60. The number of nitrogens with zero attached hydrogens (tertiary/aromatic N) is 5. The number of amides is 1. The summed E-state index contributed by atoms with van der Waals surface area (Å²) in [6, 6.07) is 3.26. The molecule has 0 aromatic carbocycles. The van der Waals surface area contributed by atoms with Gasteiger partial charge in [0.1, 0.15) is 12.7 Å². The van der Waals surface area contributed by atoms with Crippen molar-refractivity contribution in [3.8, 4) is 5.82 Å². The van der Waals surface area contributed by atoms with Crippen molar-refractivity contribution in [1.29, 1.82) is 0 Å². The van der Waals surface area contributed by atoms with E-state index in [0.29, 0.717) is 11.4 Å². The van der Waals surface area contributed by atoms with Crippen LogP contribution in [-0.4, -0.2) is 30.6 Å². The summed E-state index contributed by atoms with van der Waals surface area (Å²) in [5.41, 5.74) is 1.48. The highest BCUT2D eigenvalue weighted by atomic mass is 32.1. The van der Waals surface area contributed by atoms with Crippen molar-refractivity contribution in [2.24, 2.45) is 0 Å². The van der Waals surface area contributed by atoms with Gasteiger partial charge in [-0.05, 0) is 32.9 Å². The second kappa shape index (κ2) is 6.25. The molecule has 3 aromatic rings. The molecular formula is C15H16N6OS. The van der Waals surface area contributed by atoms with Gasteiger partial charge in [-0.25, -0.2) is 19.6 Å². The zero-order valence-corrected chi connectivity index (χ0v) is 13.8. The standard InChI is InChI=1S/C15H16N6OS/c1-9-14(23-11(3)19-9)10(2)20-15(22)12-4-5-17-13(6-12)21-8-16-7-18-21/h4-8,10H,1-3H3,(H,20,22)/t10-/m0/s1. The molecule has 0 aliphatic rings. The normalized spacial score (nSPS) is 12.1. The van der Waals surface area contributed by atoms with Crippen molar-refractivity contribution in [3.63, 3.8) is 0 Å². The zero-order valence-electron chi connectivity index (χ0n) is 13.0. The number of hydrogen-bond acceptors (Lipinski definition) is 6. The van der Waals surface area contributed by atoms with Crippen molar-refractivity contribution >= 4 is 17.2 Å². The second-order valence-electron chi connectivity index (χ2n) is 5.12. The molecule has 118 valence electrons. The lowest BCUT2D eigenvalue weighted by Crippen LogP contribution is -2.26. The molecule has 1 N–H and O–H groups in total. The van der Waals surface area contributed by atoms with Gasteiger partial charge in [0.2, 0.25) is 0 Å². The van der Waals surface area contributed by atoms with Crippen molar-refractivity contribution < 1.29 is 4.79 Å². The molecule has 8 heteroatoms. The lowest BCUT2D eigenvalue weighted by atomic mass is 10.2. The van der Waals surface area contributed by atoms with Gasteiger partial charge < -0.3 is 5.32 Å². The van der Waals surface area contributed by atoms with Gasteiger partial charge in [0.25, 0.3) is 5.91 Å². The third kappa shape index (κ3) is 3.26. The highest BCUT2D eigenvalue weighted by molar-refractivity contribution is 7.11. The van der Waals surface area contributed by atoms with Crippen molar-refractivity contribution in [2.45, 2.75) is 26.8 Å². The van der Waals surface area contributed by atoms with Crippen LogP contribution in [-0.2, 0) is 0 Å². The Morgan fingerprint density at radius 3 is 2.87 bits per heavy atom. The van der Waals surface area contributed by atoms with Crippen molar-refractivity contribution in [1.82, 2.24) is 30.0 Å². The average Bonchev–Trinajstić information content (AvgIpc) is 3.17. The average molecular weight is 328 g/mol. The molecular weight excluding hydrogens is 312 g/mol. The van der Waals surface area contributed by atoms with Crippen LogP contribution in [0.4, 0.5) is 0 Å². The minimum atomic E-state index is -0.160. The van der Waals surface area contributed by atoms with Crippen LogP contribution < -0.4 is 5.32 Å². The van der Waals surface area contributed by atoms with Gasteiger partial charge in [-0.2, -0.15) is 5.10 Å². The molecule has 0 saturated carbocycles. The first-order valence-corrected chi connectivity index (χ1v) is 7.92. The fraction of sp³-hybridized carbons (Fsp3) is 0.267. The summed E-state index contributed by atoms with van der Waals surface area (Å²) in [6.45, 7) is 5.87. The molecule has 0 fully saturated rings. The molecule has 23 heavy (non-hydrogen) atoms. The number of nitrogens with one attached hydrogen (secondary N) is 1. The first-order valence-electron chi connectivity index (χ1n) is 7.10. The number of hydrogen-bond donors (Lipinski definition) is 1. The molecule has 0 aliphatic carbocycles. The topological polar surface area (TPSA) is 85.6 Å². The largest absolute Gasteiger partial charge is 0.345 e. The molecule has 0 saturated heterocycles. The molecule has 0 aliphatic heterocycles. The van der Waals surface area contributed by atoms with Crippen molar-refractivity contribution in [2.75, 3.05) is 0 Å². The Kier molecular flexibility index (Phi) is 4.16. The molecule has 3 aromatic heterocycles. The Hall–Kier alpha value is -2.61. The maximum atomic E-state index is 12.5. The predicted octanol–water partition coefficient (Wildman–Crippen LogP) is 2.23. The lowest BCUT2D eigenvalue weighted by Gasteiger charge is -2.13. The van der Waals surface area contributed by atoms with E-state index in [4.69, 9.17) is 0 Å². The van der Waals surface area contributed by atoms with E-state index in [1.165, 1.54) is 17.3 Å². The van der Waals surface area contributed by atoms with Crippen LogP contribution in [0.1, 0.15) is 38.9 Å². The van der Waals surface area contributed by atoms with Gasteiger partial charge in [0.15, 0.2) is 5.82 Å². The monoisotopic (exact) mass is 328 g/mol. The Labute approximate surface area is 137 Å². The molecule has 3 rings (SSSR count). The number of aryl methyl sites for hydroxylation is 2. The van der Waals surface area contributed by atoms with E-state index in [1.807, 2.05) is 20.8 Å². The number of thiazole rings is 1. The van der Waals surface area contributed by atoms with E-state index in [1.54, 1.807) is 29.7 Å². The number of carbonyl (C=O) groups excluding carboxylic acids is 1. The van der Waals surface area contributed by atoms with Crippen LogP contribution in [0.25, 0.3) is 5.82 Å². The van der Waals surface area contributed by atoms with E-state index >= 15 is 0 Å². The Morgan fingerprint density at radius 1 is 1.39 bits per heavy atom. The van der Waals surface area contributed by atoms with Crippen LogP contribution >= 0.6 is 11.3 Å². The minimum absolute atomic E-state index is 0.100. The van der Waals surface area contributed by atoms with Crippen LogP contribution in [0.2, 0.25) is 0 Å². The van der Waals surface area contributed by atoms with Gasteiger partial charge in [0, 0.05) is 16.6 Å². The van der Waals surface area contributed by atoms with Crippen LogP contribution in [0.15, 0.2) is 31.0 Å². The fourth-order valence-corrected chi connectivity index (χ4v) is 3.24. The molecule has 0 radical (unpaired) electrons. The van der Waals surface area contributed by atoms with E-state index in [9.17, 15) is 4.79 Å². The third-order valence-corrected chi connectivity index (χ3v) is 4.60. The second-order valence-corrected chi connectivity index (χ2v) is 6.36. The van der Waals surface area contributed by atoms with Crippen LogP contribution in [0.3, 0.4) is 0 Å². The van der Waals surface area contributed by atoms with Gasteiger partial charge in [-0.1, -0.05) is 0 Å². The van der Waals surface area contributed by atoms with Gasteiger partial charge in [-0.3, -0.25) is 4.79 Å². The summed E-state index contributed by atoms with van der Waals surface area (Å²) in [5.74, 6) is 0.388. The molecule has 1 atom stereocenters. The van der Waals surface area contributed by atoms with Gasteiger partial charge in [-0.15, -0.1) is 11.3 Å². The molecule has 0 unspecified atom stereocenters. The number of carbonyl (C=O) groups is 1. The maximum Gasteiger partial charge on any atom is 0.251 e. The molecule has 0 spiro atoms. The molecule has 7 nitrogen and oxygen atoms in total. The quantitative estimate of drug-likeness (QED) is 0.794. The maximum absolute atomic E-state index is 12.5. The van der Waals surface area contributed by atoms with E-state index < -0.39 is 0 Å². The molecule has 1 amide bonds. The number of pyridine rings is 1. The summed E-state index contributed by atoms with van der Waals surface area (Å²) in [5, 5.41) is 8.01. The minimum Gasteiger partial charge on any atom is -0.345 e. The van der Waals surface area contributed by atoms with Crippen molar-refractivity contribution in [3.05, 3.63) is 52.1 Å². The summed E-state index contributed by atoms with van der Waals surface area (Å²) in [4.78, 5) is 26.0. The summed E-state index contributed by atoms with van der Waals surface area (Å²) in [7, 11) is 0. The van der Waals surface area contributed by atoms with Crippen LogP contribution in [0, 0.1) is 13.8 Å². The van der Waals surface area contributed by atoms with E-state index in [2.05, 4.69) is 25.4 Å². The number of rotatable bonds is 4. The van der Waals surface area contributed by atoms with Gasteiger partial charge in [0.05, 0.1) is 16.7 Å². The first kappa shape index (κ1) is 15.3. The Morgan fingerprint density at radius 2 is 2.22 bits per heavy atom. The summed E-state index contributed by atoms with van der Waals surface area (Å²) in [6.07, 6.45) is 4.54. The van der Waals surface area contributed by atoms with E-state index in [0.717, 1.165) is 15.6 Å². The fourth-order valence-electron chi connectivity index (χ4n) is 2.31. The van der Waals surface area contributed by atoms with Crippen LogP contribution in [0.5, 0.6) is 0 Å². The first-order chi connectivity index (χ1) is 11.0. The molecule has 3 heterocycles.